The number of carbonyl (C=O) groups is 2. The smallest absolute Gasteiger partial charge is 0.256 e. The van der Waals surface area contributed by atoms with Crippen LogP contribution >= 0.6 is 0 Å². The number of aromatic nitrogens is 3. The van der Waals surface area contributed by atoms with Gasteiger partial charge in [-0.1, -0.05) is 42.5 Å². The van der Waals surface area contributed by atoms with Gasteiger partial charge in [0, 0.05) is 12.1 Å². The number of para-hydroxylation sites is 1. The molecule has 7 heteroatoms. The number of nitrogens with zero attached hydrogens (tertiary/aromatic N) is 3. The highest BCUT2D eigenvalue weighted by atomic mass is 16.2. The molecule has 4 rings (SSSR count). The molecule has 0 radical (unpaired) electrons. The van der Waals surface area contributed by atoms with Crippen molar-refractivity contribution in [1.29, 1.82) is 0 Å². The van der Waals surface area contributed by atoms with E-state index in [1.54, 1.807) is 41.2 Å². The Morgan fingerprint density at radius 3 is 2.48 bits per heavy atom. The molecule has 0 aliphatic carbocycles. The molecule has 0 saturated heterocycles. The highest BCUT2D eigenvalue weighted by Crippen LogP contribution is 2.26. The predicted molar refractivity (Wildman–Crippen MR) is 112 cm³/mol. The fourth-order valence-corrected chi connectivity index (χ4v) is 3.22. The van der Waals surface area contributed by atoms with Gasteiger partial charge in [0.1, 0.15) is 0 Å². The van der Waals surface area contributed by atoms with E-state index >= 15 is 0 Å². The van der Waals surface area contributed by atoms with Crippen molar-refractivity contribution in [1.82, 2.24) is 14.8 Å². The number of hydrogen-bond donors (Lipinski definition) is 2. The van der Waals surface area contributed by atoms with Gasteiger partial charge in [0.15, 0.2) is 5.65 Å². The Balaban J connectivity index is 1.83. The van der Waals surface area contributed by atoms with Gasteiger partial charge in [0.2, 0.25) is 0 Å². The minimum atomic E-state index is -0.607. The van der Waals surface area contributed by atoms with E-state index < -0.39 is 5.91 Å². The van der Waals surface area contributed by atoms with Crippen LogP contribution in [0, 0.1) is 0 Å². The average Bonchev–Trinajstić information content (AvgIpc) is 3.17. The highest BCUT2D eigenvalue weighted by Gasteiger charge is 2.19. The summed E-state index contributed by atoms with van der Waals surface area (Å²) in [5.41, 5.74) is 8.65. The number of aryl methyl sites for hydroxylation is 1. The van der Waals surface area contributed by atoms with Crippen LogP contribution in [0.15, 0.2) is 66.9 Å². The monoisotopic (exact) mass is 385 g/mol. The fourth-order valence-electron chi connectivity index (χ4n) is 3.22. The summed E-state index contributed by atoms with van der Waals surface area (Å²) < 4.78 is 1.75. The fraction of sp³-hybridized carbons (Fsp3) is 0.0909. The van der Waals surface area contributed by atoms with E-state index in [0.29, 0.717) is 34.5 Å². The van der Waals surface area contributed by atoms with Crippen molar-refractivity contribution in [3.8, 4) is 11.3 Å². The van der Waals surface area contributed by atoms with E-state index in [0.717, 1.165) is 5.56 Å². The first-order valence-corrected chi connectivity index (χ1v) is 9.20. The second kappa shape index (κ2) is 7.55. The van der Waals surface area contributed by atoms with Gasteiger partial charge < -0.3 is 11.1 Å². The van der Waals surface area contributed by atoms with Gasteiger partial charge in [0.05, 0.1) is 34.1 Å². The van der Waals surface area contributed by atoms with Gasteiger partial charge in [0.25, 0.3) is 11.8 Å². The number of carbonyl (C=O) groups excluding carboxylic acids is 2. The Kier molecular flexibility index (Phi) is 4.78. The molecule has 0 fully saturated rings. The standard InChI is InChI=1S/C22H19N5O2/c1-2-27-21-17(13-24-27)16(12-19(25-21)14-8-4-3-5-9-14)22(29)26-18-11-7-6-10-15(18)20(23)28/h3-13H,2H2,1H3,(H2,23,28)(H,26,29). The Hall–Kier alpha value is -4.00. The lowest BCUT2D eigenvalue weighted by atomic mass is 10.1. The number of hydrogen-bond acceptors (Lipinski definition) is 4. The molecule has 2 aromatic heterocycles. The van der Waals surface area contributed by atoms with Gasteiger partial charge >= 0.3 is 0 Å². The summed E-state index contributed by atoms with van der Waals surface area (Å²) in [6.45, 7) is 2.59. The van der Waals surface area contributed by atoms with Crippen LogP contribution in [0.3, 0.4) is 0 Å². The summed E-state index contributed by atoms with van der Waals surface area (Å²) >= 11 is 0. The number of rotatable bonds is 5. The molecule has 0 saturated carbocycles. The number of pyridine rings is 1. The summed E-state index contributed by atoms with van der Waals surface area (Å²) in [6, 6.07) is 18.0. The van der Waals surface area contributed by atoms with E-state index in [-0.39, 0.29) is 11.5 Å². The molecule has 0 spiro atoms. The molecule has 0 aliphatic rings. The van der Waals surface area contributed by atoms with Crippen molar-refractivity contribution in [3.63, 3.8) is 0 Å². The maximum absolute atomic E-state index is 13.2. The van der Waals surface area contributed by atoms with Crippen molar-refractivity contribution in [2.75, 3.05) is 5.32 Å². The molecule has 7 nitrogen and oxygen atoms in total. The van der Waals surface area contributed by atoms with Crippen LogP contribution in [-0.2, 0) is 6.54 Å². The molecule has 0 bridgehead atoms. The maximum atomic E-state index is 13.2. The molecule has 29 heavy (non-hydrogen) atoms. The first-order valence-electron chi connectivity index (χ1n) is 9.20. The van der Waals surface area contributed by atoms with Crippen molar-refractivity contribution in [3.05, 3.63) is 78.0 Å². The molecule has 144 valence electrons. The zero-order valence-corrected chi connectivity index (χ0v) is 15.8. The Bertz CT molecular complexity index is 1210. The molecule has 2 aromatic carbocycles. The van der Waals surface area contributed by atoms with Crippen LogP contribution in [0.2, 0.25) is 0 Å². The number of benzene rings is 2. The van der Waals surface area contributed by atoms with Crippen LogP contribution in [0.1, 0.15) is 27.6 Å². The van der Waals surface area contributed by atoms with Gasteiger partial charge in [-0.25, -0.2) is 9.67 Å². The van der Waals surface area contributed by atoms with E-state index in [1.807, 2.05) is 37.3 Å². The quantitative estimate of drug-likeness (QED) is 0.549. The number of nitrogens with two attached hydrogens (primary N) is 1. The van der Waals surface area contributed by atoms with E-state index in [4.69, 9.17) is 10.7 Å². The third-order valence-corrected chi connectivity index (χ3v) is 4.66. The zero-order valence-electron chi connectivity index (χ0n) is 15.8. The third-order valence-electron chi connectivity index (χ3n) is 4.66. The first-order chi connectivity index (χ1) is 14.1. The summed E-state index contributed by atoms with van der Waals surface area (Å²) in [5, 5.41) is 7.79. The SMILES string of the molecule is CCn1ncc2c(C(=O)Nc3ccccc3C(N)=O)cc(-c3ccccc3)nc21. The molecule has 0 unspecified atom stereocenters. The minimum Gasteiger partial charge on any atom is -0.366 e. The van der Waals surface area contributed by atoms with Crippen molar-refractivity contribution < 1.29 is 9.59 Å². The number of fused-ring (bicyclic) bond motifs is 1. The molecule has 0 aliphatic heterocycles. The number of amides is 2. The molecular formula is C22H19N5O2. The summed E-state index contributed by atoms with van der Waals surface area (Å²) in [5.74, 6) is -0.969. The molecule has 4 aromatic rings. The Morgan fingerprint density at radius 2 is 1.76 bits per heavy atom. The van der Waals surface area contributed by atoms with Gasteiger partial charge in [-0.3, -0.25) is 9.59 Å². The topological polar surface area (TPSA) is 103 Å². The van der Waals surface area contributed by atoms with Crippen molar-refractivity contribution >= 4 is 28.5 Å². The van der Waals surface area contributed by atoms with Gasteiger partial charge in [-0.05, 0) is 25.1 Å². The zero-order chi connectivity index (χ0) is 20.4. The van der Waals surface area contributed by atoms with E-state index in [9.17, 15) is 9.59 Å². The molecule has 2 heterocycles. The van der Waals surface area contributed by atoms with Crippen LogP contribution in [0.5, 0.6) is 0 Å². The van der Waals surface area contributed by atoms with Crippen LogP contribution in [0.25, 0.3) is 22.3 Å². The summed E-state index contributed by atoms with van der Waals surface area (Å²) in [4.78, 5) is 29.6. The first kappa shape index (κ1) is 18.4. The van der Waals surface area contributed by atoms with Crippen LogP contribution in [0.4, 0.5) is 5.69 Å². The lowest BCUT2D eigenvalue weighted by Gasteiger charge is -2.11. The summed E-state index contributed by atoms with van der Waals surface area (Å²) in [6.07, 6.45) is 1.63. The number of nitrogens with one attached hydrogen (secondary N) is 1. The predicted octanol–water partition coefficient (Wildman–Crippen LogP) is 3.47. The average molecular weight is 385 g/mol. The molecule has 0 atom stereocenters. The normalized spacial score (nSPS) is 10.8. The van der Waals surface area contributed by atoms with Gasteiger partial charge in [-0.2, -0.15) is 5.10 Å². The lowest BCUT2D eigenvalue weighted by Crippen LogP contribution is -2.18. The largest absolute Gasteiger partial charge is 0.366 e. The summed E-state index contributed by atoms with van der Waals surface area (Å²) in [7, 11) is 0. The van der Waals surface area contributed by atoms with Gasteiger partial charge in [-0.15, -0.1) is 0 Å². The van der Waals surface area contributed by atoms with E-state index in [2.05, 4.69) is 10.4 Å². The lowest BCUT2D eigenvalue weighted by molar-refractivity contribution is 0.100. The Labute approximate surface area is 167 Å². The van der Waals surface area contributed by atoms with Crippen LogP contribution in [-0.4, -0.2) is 26.6 Å². The van der Waals surface area contributed by atoms with Crippen molar-refractivity contribution in [2.24, 2.45) is 5.73 Å². The third kappa shape index (κ3) is 3.45. The molecule has 3 N–H and O–H groups in total. The maximum Gasteiger partial charge on any atom is 0.256 e. The second-order valence-electron chi connectivity index (χ2n) is 6.48. The second-order valence-corrected chi connectivity index (χ2v) is 6.48. The minimum absolute atomic E-state index is 0.249. The molecule has 2 amide bonds. The number of primary amides is 1. The Morgan fingerprint density at radius 1 is 1.03 bits per heavy atom. The molecular weight excluding hydrogens is 366 g/mol. The van der Waals surface area contributed by atoms with Crippen molar-refractivity contribution in [2.45, 2.75) is 13.5 Å². The highest BCUT2D eigenvalue weighted by molar-refractivity contribution is 6.14. The van der Waals surface area contributed by atoms with E-state index in [1.165, 1.54) is 0 Å². The number of anilines is 1. The van der Waals surface area contributed by atoms with Crippen LogP contribution < -0.4 is 11.1 Å².